The van der Waals surface area contributed by atoms with Gasteiger partial charge in [0.05, 0.1) is 11.7 Å². The SMILES string of the molecule is CC(C)(CCO)C(c1nc(-c2cc(F)ccc2F)cn1Cc1ccccc1)N(CC1CNCC1F)C(=O)CO. The van der Waals surface area contributed by atoms with Gasteiger partial charge in [-0.15, -0.1) is 0 Å². The molecule has 0 saturated carbocycles. The average Bonchev–Trinajstić information content (AvgIpc) is 3.50. The van der Waals surface area contributed by atoms with Crippen LogP contribution in [0.2, 0.25) is 0 Å². The Bertz CT molecular complexity index is 1270. The van der Waals surface area contributed by atoms with Crippen LogP contribution in [0.15, 0.2) is 54.7 Å². The minimum absolute atomic E-state index is 0.00887. The second-order valence-corrected chi connectivity index (χ2v) is 10.7. The van der Waals surface area contributed by atoms with Crippen molar-refractivity contribution in [1.29, 1.82) is 0 Å². The molecule has 1 saturated heterocycles. The Morgan fingerprint density at radius 2 is 1.92 bits per heavy atom. The molecule has 39 heavy (non-hydrogen) atoms. The molecule has 10 heteroatoms. The molecule has 3 aromatic rings. The van der Waals surface area contributed by atoms with Gasteiger partial charge in [-0.1, -0.05) is 44.2 Å². The van der Waals surface area contributed by atoms with Crippen LogP contribution >= 0.6 is 0 Å². The van der Waals surface area contributed by atoms with Gasteiger partial charge in [0.15, 0.2) is 0 Å². The summed E-state index contributed by atoms with van der Waals surface area (Å²) in [5.74, 6) is -2.04. The van der Waals surface area contributed by atoms with Gasteiger partial charge in [0.25, 0.3) is 0 Å². The Hall–Kier alpha value is -3.21. The van der Waals surface area contributed by atoms with Crippen LogP contribution in [0.3, 0.4) is 0 Å². The maximum absolute atomic E-state index is 14.8. The van der Waals surface area contributed by atoms with E-state index in [2.05, 4.69) is 5.32 Å². The van der Waals surface area contributed by atoms with Gasteiger partial charge in [0.1, 0.15) is 30.2 Å². The lowest BCUT2D eigenvalue weighted by molar-refractivity contribution is -0.141. The van der Waals surface area contributed by atoms with Crippen LogP contribution in [-0.2, 0) is 11.3 Å². The minimum Gasteiger partial charge on any atom is -0.396 e. The maximum Gasteiger partial charge on any atom is 0.248 e. The lowest BCUT2D eigenvalue weighted by Gasteiger charge is -2.42. The van der Waals surface area contributed by atoms with Crippen LogP contribution in [-0.4, -0.2) is 69.6 Å². The quantitative estimate of drug-likeness (QED) is 0.343. The van der Waals surface area contributed by atoms with E-state index in [9.17, 15) is 28.2 Å². The molecule has 1 aliphatic rings. The van der Waals surface area contributed by atoms with Crippen molar-refractivity contribution in [3.63, 3.8) is 0 Å². The summed E-state index contributed by atoms with van der Waals surface area (Å²) in [7, 11) is 0. The van der Waals surface area contributed by atoms with Crippen LogP contribution in [0.4, 0.5) is 13.2 Å². The number of nitrogens with one attached hydrogen (secondary N) is 1. The summed E-state index contributed by atoms with van der Waals surface area (Å²) >= 11 is 0. The summed E-state index contributed by atoms with van der Waals surface area (Å²) in [4.78, 5) is 19.4. The van der Waals surface area contributed by atoms with Crippen molar-refractivity contribution in [2.75, 3.05) is 32.8 Å². The van der Waals surface area contributed by atoms with Gasteiger partial charge in [0.2, 0.25) is 5.91 Å². The molecule has 0 bridgehead atoms. The van der Waals surface area contributed by atoms with Gasteiger partial charge in [-0.3, -0.25) is 4.79 Å². The lowest BCUT2D eigenvalue weighted by Crippen LogP contribution is -2.48. The highest BCUT2D eigenvalue weighted by molar-refractivity contribution is 5.78. The fraction of sp³-hybridized carbons (Fsp3) is 0.448. The van der Waals surface area contributed by atoms with E-state index < -0.39 is 47.7 Å². The monoisotopic (exact) mass is 544 g/mol. The molecule has 1 fully saturated rings. The third-order valence-corrected chi connectivity index (χ3v) is 7.40. The van der Waals surface area contributed by atoms with Crippen molar-refractivity contribution >= 4 is 5.91 Å². The number of amides is 1. The number of aromatic nitrogens is 2. The second kappa shape index (κ2) is 12.3. The van der Waals surface area contributed by atoms with Gasteiger partial charge >= 0.3 is 0 Å². The Morgan fingerprint density at radius 3 is 2.56 bits per heavy atom. The summed E-state index contributed by atoms with van der Waals surface area (Å²) in [6, 6.07) is 11.8. The number of aliphatic hydroxyl groups excluding tert-OH is 2. The Balaban J connectivity index is 1.90. The molecule has 3 N–H and O–H groups in total. The first-order valence-electron chi connectivity index (χ1n) is 13.1. The first-order valence-corrected chi connectivity index (χ1v) is 13.1. The molecular weight excluding hydrogens is 509 g/mol. The Morgan fingerprint density at radius 1 is 1.18 bits per heavy atom. The van der Waals surface area contributed by atoms with Crippen molar-refractivity contribution in [3.8, 4) is 11.3 Å². The fourth-order valence-corrected chi connectivity index (χ4v) is 5.29. The Labute approximate surface area is 226 Å². The molecule has 2 heterocycles. The third kappa shape index (κ3) is 6.51. The van der Waals surface area contributed by atoms with Crippen molar-refractivity contribution < 1.29 is 28.2 Å². The highest BCUT2D eigenvalue weighted by Gasteiger charge is 2.43. The number of rotatable bonds is 11. The van der Waals surface area contributed by atoms with Crippen LogP contribution < -0.4 is 5.32 Å². The predicted molar refractivity (Wildman–Crippen MR) is 141 cm³/mol. The van der Waals surface area contributed by atoms with E-state index in [-0.39, 0.29) is 37.4 Å². The van der Waals surface area contributed by atoms with E-state index in [0.29, 0.717) is 18.9 Å². The van der Waals surface area contributed by atoms with Crippen LogP contribution in [0.1, 0.15) is 37.7 Å². The van der Waals surface area contributed by atoms with E-state index in [1.165, 1.54) is 4.90 Å². The molecule has 7 nitrogen and oxygen atoms in total. The van der Waals surface area contributed by atoms with Crippen LogP contribution in [0.25, 0.3) is 11.3 Å². The summed E-state index contributed by atoms with van der Waals surface area (Å²) in [5, 5.41) is 22.8. The zero-order valence-electron chi connectivity index (χ0n) is 22.2. The first-order chi connectivity index (χ1) is 18.6. The summed E-state index contributed by atoms with van der Waals surface area (Å²) in [5.41, 5.74) is 0.246. The molecule has 1 aliphatic heterocycles. The van der Waals surface area contributed by atoms with Crippen molar-refractivity contribution in [2.24, 2.45) is 11.3 Å². The fourth-order valence-electron chi connectivity index (χ4n) is 5.29. The number of alkyl halides is 1. The molecule has 0 radical (unpaired) electrons. The van der Waals surface area contributed by atoms with Crippen LogP contribution in [0, 0.1) is 23.0 Å². The smallest absolute Gasteiger partial charge is 0.248 e. The van der Waals surface area contributed by atoms with E-state index in [1.54, 1.807) is 10.8 Å². The number of hydrogen-bond acceptors (Lipinski definition) is 5. The van der Waals surface area contributed by atoms with E-state index in [4.69, 9.17) is 4.98 Å². The van der Waals surface area contributed by atoms with E-state index in [1.807, 2.05) is 44.2 Å². The first kappa shape index (κ1) is 28.8. The van der Waals surface area contributed by atoms with Crippen molar-refractivity contribution in [1.82, 2.24) is 19.8 Å². The topological polar surface area (TPSA) is 90.6 Å². The normalized spacial score (nSPS) is 18.3. The lowest BCUT2D eigenvalue weighted by atomic mass is 9.79. The van der Waals surface area contributed by atoms with Crippen molar-refractivity contribution in [3.05, 3.63) is 77.8 Å². The largest absolute Gasteiger partial charge is 0.396 e. The molecule has 0 spiro atoms. The molecule has 1 aromatic heterocycles. The van der Waals surface area contributed by atoms with E-state index in [0.717, 1.165) is 23.8 Å². The number of hydrogen-bond donors (Lipinski definition) is 3. The Kier molecular flexibility index (Phi) is 9.09. The molecular formula is C29H35F3N4O3. The molecule has 3 atom stereocenters. The molecule has 4 rings (SSSR count). The summed E-state index contributed by atoms with van der Waals surface area (Å²) in [6.45, 7) is 3.58. The van der Waals surface area contributed by atoms with Gasteiger partial charge in [-0.2, -0.15) is 0 Å². The second-order valence-electron chi connectivity index (χ2n) is 10.7. The highest BCUT2D eigenvalue weighted by atomic mass is 19.1. The third-order valence-electron chi connectivity index (χ3n) is 7.40. The summed E-state index contributed by atoms with van der Waals surface area (Å²) < 4.78 is 45.4. The van der Waals surface area contributed by atoms with Crippen LogP contribution in [0.5, 0.6) is 0 Å². The van der Waals surface area contributed by atoms with Gasteiger partial charge in [-0.05, 0) is 35.6 Å². The zero-order valence-corrected chi connectivity index (χ0v) is 22.2. The molecule has 210 valence electrons. The standard InChI is InChI=1S/C29H35F3N4O3/c1-29(2,10-11-37)27(36(26(39)18-38)16-20-13-33-14-24(20)32)28-34-25(22-12-21(30)8-9-23(22)31)17-35(28)15-19-6-4-3-5-7-19/h3-9,12,17,20,24,27,33,37-38H,10-11,13-16,18H2,1-2H3. The number of carbonyl (C=O) groups is 1. The maximum atomic E-state index is 14.8. The molecule has 3 unspecified atom stereocenters. The number of benzene rings is 2. The highest BCUT2D eigenvalue weighted by Crippen LogP contribution is 2.42. The molecule has 0 aliphatic carbocycles. The number of carbonyl (C=O) groups excluding carboxylic acids is 1. The summed E-state index contributed by atoms with van der Waals surface area (Å²) in [6.07, 6.45) is 0.692. The average molecular weight is 545 g/mol. The number of nitrogens with zero attached hydrogens (tertiary/aromatic N) is 3. The molecule has 1 amide bonds. The minimum atomic E-state index is -1.18. The van der Waals surface area contributed by atoms with Gasteiger partial charge in [-0.25, -0.2) is 18.2 Å². The van der Waals surface area contributed by atoms with Gasteiger partial charge in [0, 0.05) is 50.5 Å². The number of aliphatic hydroxyl groups is 2. The van der Waals surface area contributed by atoms with E-state index >= 15 is 0 Å². The molecule has 2 aromatic carbocycles. The number of halogens is 3. The number of imidazole rings is 1. The zero-order chi connectivity index (χ0) is 28.2. The van der Waals surface area contributed by atoms with Crippen molar-refractivity contribution in [2.45, 2.75) is 39.0 Å². The predicted octanol–water partition coefficient (Wildman–Crippen LogP) is 3.70. The van der Waals surface area contributed by atoms with Gasteiger partial charge < -0.3 is 25.0 Å².